The molecule has 1 fully saturated rings. The minimum atomic E-state index is -4.39. The summed E-state index contributed by atoms with van der Waals surface area (Å²) in [6.07, 6.45) is 1.24. The van der Waals surface area contributed by atoms with Crippen LogP contribution in [0.1, 0.15) is 54.7 Å². The summed E-state index contributed by atoms with van der Waals surface area (Å²) in [4.78, 5) is 19.7. The molecule has 0 atom stereocenters. The summed E-state index contributed by atoms with van der Waals surface area (Å²) in [6, 6.07) is 0. The highest BCUT2D eigenvalue weighted by Crippen LogP contribution is 2.39. The molecule has 1 aliphatic carbocycles. The van der Waals surface area contributed by atoms with Gasteiger partial charge in [-0.2, -0.15) is 17.6 Å². The lowest BCUT2D eigenvalue weighted by Gasteiger charge is -2.35. The van der Waals surface area contributed by atoms with Gasteiger partial charge in [0.15, 0.2) is 6.61 Å². The van der Waals surface area contributed by atoms with Crippen molar-refractivity contribution in [2.75, 3.05) is 26.2 Å². The Morgan fingerprint density at radius 2 is 1.97 bits per heavy atom. The van der Waals surface area contributed by atoms with Crippen LogP contribution in [0.2, 0.25) is 0 Å². The number of ketones is 1. The number of aryl methyl sites for hydroxylation is 1. The highest BCUT2D eigenvalue weighted by molar-refractivity contribution is 7.13. The van der Waals surface area contributed by atoms with E-state index in [-0.39, 0.29) is 23.3 Å². The quantitative estimate of drug-likeness (QED) is 0.431. The van der Waals surface area contributed by atoms with Gasteiger partial charge in [0.25, 0.3) is 5.19 Å². The van der Waals surface area contributed by atoms with Crippen molar-refractivity contribution in [3.05, 3.63) is 28.3 Å². The van der Waals surface area contributed by atoms with Crippen LogP contribution in [0.15, 0.2) is 6.20 Å². The molecule has 1 aliphatic heterocycles. The summed E-state index contributed by atoms with van der Waals surface area (Å²) >= 11 is 1.16. The average Bonchev–Trinajstić information content (AvgIpc) is 3.28. The zero-order valence-corrected chi connectivity index (χ0v) is 21.1. The third-order valence-electron chi connectivity index (χ3n) is 7.07. The first-order chi connectivity index (χ1) is 17.0. The maximum Gasteiger partial charge on any atom is 0.422 e. The second-order valence-electron chi connectivity index (χ2n) is 9.98. The maximum atomic E-state index is 15.5. The van der Waals surface area contributed by atoms with Crippen LogP contribution in [-0.4, -0.2) is 63.5 Å². The van der Waals surface area contributed by atoms with Gasteiger partial charge in [-0.3, -0.25) is 9.48 Å². The molecule has 0 bridgehead atoms. The van der Waals surface area contributed by atoms with Crippen LogP contribution < -0.4 is 4.74 Å². The number of halogens is 5. The van der Waals surface area contributed by atoms with Gasteiger partial charge in [-0.05, 0) is 44.4 Å². The van der Waals surface area contributed by atoms with Crippen molar-refractivity contribution in [2.24, 2.45) is 13.0 Å². The van der Waals surface area contributed by atoms with E-state index in [1.807, 2.05) is 0 Å². The number of ether oxygens (including phenoxy) is 1. The Hall–Kier alpha value is -2.08. The van der Waals surface area contributed by atoms with Crippen molar-refractivity contribution in [1.82, 2.24) is 19.7 Å². The van der Waals surface area contributed by atoms with E-state index in [1.54, 1.807) is 7.05 Å². The lowest BCUT2D eigenvalue weighted by molar-refractivity contribution is -0.153. The first kappa shape index (κ1) is 27.0. The molecule has 36 heavy (non-hydrogen) atoms. The number of rotatable bonds is 9. The molecule has 12 heteroatoms. The molecule has 2 aliphatic rings. The molecule has 4 rings (SSSR count). The standard InChI is InChI=1S/C24H31F5N4O2S/c1-32-14-17(21(25)31-32)13-18(34)12-16-2-6-23(26,7-3-16)8-11-33-9-4-19-20(5-10-33)36-22(30-19)35-15-24(27,28)29/h14,16H,2-13,15H2,1H3. The summed E-state index contributed by atoms with van der Waals surface area (Å²) in [6.45, 7) is 0.633. The summed E-state index contributed by atoms with van der Waals surface area (Å²) < 4.78 is 72.4. The van der Waals surface area contributed by atoms with E-state index >= 15 is 4.39 Å². The van der Waals surface area contributed by atoms with Crippen molar-refractivity contribution in [2.45, 2.75) is 69.6 Å². The summed E-state index contributed by atoms with van der Waals surface area (Å²) in [7, 11) is 1.61. The second-order valence-corrected chi connectivity index (χ2v) is 11.0. The molecule has 0 aromatic carbocycles. The van der Waals surface area contributed by atoms with Gasteiger partial charge in [-0.25, -0.2) is 9.37 Å². The number of fused-ring (bicyclic) bond motifs is 1. The summed E-state index contributed by atoms with van der Waals surface area (Å²) in [5.74, 6) is -0.544. The Morgan fingerprint density at radius 1 is 1.25 bits per heavy atom. The van der Waals surface area contributed by atoms with Crippen LogP contribution in [0.3, 0.4) is 0 Å². The van der Waals surface area contributed by atoms with Crippen molar-refractivity contribution < 1.29 is 31.5 Å². The highest BCUT2D eigenvalue weighted by atomic mass is 32.1. The van der Waals surface area contributed by atoms with Crippen molar-refractivity contribution in [3.8, 4) is 5.19 Å². The number of hydrogen-bond donors (Lipinski definition) is 0. The number of carbonyl (C=O) groups is 1. The molecule has 1 saturated carbocycles. The van der Waals surface area contributed by atoms with Gasteiger partial charge in [0, 0.05) is 62.6 Å². The largest absolute Gasteiger partial charge is 0.460 e. The first-order valence-electron chi connectivity index (χ1n) is 12.3. The van der Waals surface area contributed by atoms with Crippen LogP contribution in [0.4, 0.5) is 22.0 Å². The van der Waals surface area contributed by atoms with Crippen molar-refractivity contribution in [1.29, 1.82) is 0 Å². The fraction of sp³-hybridized carbons (Fsp3) is 0.708. The van der Waals surface area contributed by atoms with E-state index in [2.05, 4.69) is 15.0 Å². The Morgan fingerprint density at radius 3 is 2.64 bits per heavy atom. The Bertz CT molecular complexity index is 1020. The molecular weight excluding hydrogens is 503 g/mol. The second kappa shape index (κ2) is 11.1. The topological polar surface area (TPSA) is 60.2 Å². The number of hydrogen-bond acceptors (Lipinski definition) is 6. The Balaban J connectivity index is 1.18. The van der Waals surface area contributed by atoms with Gasteiger partial charge in [-0.1, -0.05) is 11.3 Å². The minimum absolute atomic E-state index is 0.0161. The van der Waals surface area contributed by atoms with Gasteiger partial charge in [0.2, 0.25) is 5.95 Å². The molecule has 0 spiro atoms. The van der Waals surface area contributed by atoms with Gasteiger partial charge in [0.05, 0.1) is 5.69 Å². The van der Waals surface area contributed by atoms with Crippen LogP contribution in [0.25, 0.3) is 0 Å². The molecule has 2 aromatic rings. The third kappa shape index (κ3) is 7.47. The van der Waals surface area contributed by atoms with E-state index in [1.165, 1.54) is 10.9 Å². The minimum Gasteiger partial charge on any atom is -0.460 e. The predicted molar refractivity (Wildman–Crippen MR) is 124 cm³/mol. The molecule has 200 valence electrons. The molecule has 0 unspecified atom stereocenters. The molecule has 0 saturated heterocycles. The summed E-state index contributed by atoms with van der Waals surface area (Å²) in [5, 5.41) is 3.67. The first-order valence-corrected chi connectivity index (χ1v) is 13.1. The molecule has 2 aromatic heterocycles. The average molecular weight is 535 g/mol. The van der Waals surface area contributed by atoms with E-state index in [9.17, 15) is 22.4 Å². The van der Waals surface area contributed by atoms with Gasteiger partial charge < -0.3 is 9.64 Å². The van der Waals surface area contributed by atoms with Crippen LogP contribution in [0, 0.1) is 11.9 Å². The fourth-order valence-electron chi connectivity index (χ4n) is 5.06. The van der Waals surface area contributed by atoms with E-state index in [0.29, 0.717) is 76.6 Å². The van der Waals surface area contributed by atoms with E-state index in [0.717, 1.165) is 21.9 Å². The molecule has 0 radical (unpaired) electrons. The number of carbonyl (C=O) groups excluding carboxylic acids is 1. The Kier molecular flexibility index (Phi) is 8.33. The Labute approximate surface area is 210 Å². The molecule has 3 heterocycles. The van der Waals surface area contributed by atoms with Gasteiger partial charge in [0.1, 0.15) is 11.5 Å². The van der Waals surface area contributed by atoms with Gasteiger partial charge >= 0.3 is 6.18 Å². The number of Topliss-reactive ketones (excluding diaryl/α,β-unsaturated/α-hetero) is 1. The lowest BCUT2D eigenvalue weighted by Crippen LogP contribution is -2.36. The molecule has 6 nitrogen and oxygen atoms in total. The number of aromatic nitrogens is 3. The zero-order chi connectivity index (χ0) is 25.9. The number of nitrogens with zero attached hydrogens (tertiary/aromatic N) is 4. The summed E-state index contributed by atoms with van der Waals surface area (Å²) in [5.41, 5.74) is -0.195. The molecule has 0 N–H and O–H groups in total. The van der Waals surface area contributed by atoms with E-state index < -0.39 is 24.4 Å². The highest BCUT2D eigenvalue weighted by Gasteiger charge is 2.36. The maximum absolute atomic E-state index is 15.5. The van der Waals surface area contributed by atoms with Crippen molar-refractivity contribution in [3.63, 3.8) is 0 Å². The number of thiazole rings is 1. The number of alkyl halides is 4. The lowest BCUT2D eigenvalue weighted by atomic mass is 9.76. The smallest absolute Gasteiger partial charge is 0.422 e. The van der Waals surface area contributed by atoms with Crippen LogP contribution >= 0.6 is 11.3 Å². The van der Waals surface area contributed by atoms with Crippen LogP contribution in [-0.2, 0) is 31.1 Å². The molecular formula is C24H31F5N4O2S. The third-order valence-corrected chi connectivity index (χ3v) is 8.14. The molecule has 0 amide bonds. The SMILES string of the molecule is Cn1cc(CC(=O)CC2CCC(F)(CCN3CCc4nc(OCC(F)(F)F)sc4CC3)CC2)c(F)n1. The predicted octanol–water partition coefficient (Wildman–Crippen LogP) is 4.85. The fourth-order valence-corrected chi connectivity index (χ4v) is 6.00. The normalized spacial score (nSPS) is 23.3. The zero-order valence-electron chi connectivity index (χ0n) is 20.3. The van der Waals surface area contributed by atoms with Gasteiger partial charge in [-0.15, -0.1) is 5.10 Å². The van der Waals surface area contributed by atoms with Crippen molar-refractivity contribution >= 4 is 17.1 Å². The van der Waals surface area contributed by atoms with E-state index in [4.69, 9.17) is 4.74 Å². The monoisotopic (exact) mass is 534 g/mol. The van der Waals surface area contributed by atoms with Crippen LogP contribution in [0.5, 0.6) is 5.19 Å².